The number of carboxylic acid groups (broad SMARTS) is 1. The molecule has 0 amide bonds. The lowest BCUT2D eigenvalue weighted by Gasteiger charge is -2.15. The molecule has 0 aliphatic rings. The largest absolute Gasteiger partial charge is 0.478 e. The molecule has 0 aliphatic heterocycles. The Hall–Kier alpha value is -2.33. The molecule has 0 spiro atoms. The van der Waals surface area contributed by atoms with Crippen molar-refractivity contribution in [1.29, 1.82) is 0 Å². The number of hydrogen-bond acceptors (Lipinski definition) is 2. The molecule has 21 heavy (non-hydrogen) atoms. The van der Waals surface area contributed by atoms with Gasteiger partial charge in [0.2, 0.25) is 0 Å². The van der Waals surface area contributed by atoms with Crippen LogP contribution < -0.4 is 0 Å². The van der Waals surface area contributed by atoms with Crippen molar-refractivity contribution in [1.82, 2.24) is 9.55 Å². The second kappa shape index (κ2) is 5.22. The standard InChI is InChI=1S/C16H13ClN2O2/c1-10(11-3-2-4-13(17)7-11)19-9-18-14-6-5-12(16(20)21)8-15(14)19/h2-10H,1H3,(H,20,21). The Morgan fingerprint density at radius 3 is 2.81 bits per heavy atom. The summed E-state index contributed by atoms with van der Waals surface area (Å²) in [5.74, 6) is -0.944. The molecule has 0 aliphatic carbocycles. The minimum atomic E-state index is -0.944. The maximum atomic E-state index is 11.1. The summed E-state index contributed by atoms with van der Waals surface area (Å²) in [5.41, 5.74) is 2.86. The van der Waals surface area contributed by atoms with Gasteiger partial charge in [-0.1, -0.05) is 23.7 Å². The highest BCUT2D eigenvalue weighted by molar-refractivity contribution is 6.30. The molecule has 1 atom stereocenters. The van der Waals surface area contributed by atoms with E-state index in [4.69, 9.17) is 16.7 Å². The molecule has 3 aromatic rings. The molecular formula is C16H13ClN2O2. The van der Waals surface area contributed by atoms with E-state index in [1.165, 1.54) is 0 Å². The van der Waals surface area contributed by atoms with E-state index in [1.54, 1.807) is 24.5 Å². The van der Waals surface area contributed by atoms with E-state index in [0.29, 0.717) is 5.02 Å². The lowest BCUT2D eigenvalue weighted by atomic mass is 10.1. The number of benzene rings is 2. The Morgan fingerprint density at radius 2 is 2.10 bits per heavy atom. The minimum Gasteiger partial charge on any atom is -0.478 e. The number of halogens is 1. The zero-order valence-corrected chi connectivity index (χ0v) is 12.1. The number of aromatic carboxylic acids is 1. The van der Waals surface area contributed by atoms with Gasteiger partial charge in [0.1, 0.15) is 0 Å². The number of hydrogen-bond donors (Lipinski definition) is 1. The first kappa shape index (κ1) is 13.6. The summed E-state index contributed by atoms with van der Waals surface area (Å²) < 4.78 is 1.95. The molecule has 1 N–H and O–H groups in total. The van der Waals surface area contributed by atoms with Gasteiger partial charge in [0.05, 0.1) is 29.0 Å². The van der Waals surface area contributed by atoms with E-state index < -0.39 is 5.97 Å². The highest BCUT2D eigenvalue weighted by atomic mass is 35.5. The van der Waals surface area contributed by atoms with E-state index in [-0.39, 0.29) is 11.6 Å². The molecule has 1 heterocycles. The quantitative estimate of drug-likeness (QED) is 0.795. The van der Waals surface area contributed by atoms with E-state index >= 15 is 0 Å². The first-order chi connectivity index (χ1) is 10.1. The van der Waals surface area contributed by atoms with Crippen LogP contribution in [0.1, 0.15) is 28.9 Å². The third-order valence-corrected chi connectivity index (χ3v) is 3.81. The molecule has 1 aromatic heterocycles. The van der Waals surface area contributed by atoms with Crippen LogP contribution in [0.3, 0.4) is 0 Å². The van der Waals surface area contributed by atoms with Gasteiger partial charge in [-0.25, -0.2) is 9.78 Å². The van der Waals surface area contributed by atoms with Gasteiger partial charge in [-0.15, -0.1) is 0 Å². The Morgan fingerprint density at radius 1 is 1.29 bits per heavy atom. The van der Waals surface area contributed by atoms with Gasteiger partial charge in [0.15, 0.2) is 0 Å². The second-order valence-electron chi connectivity index (χ2n) is 4.89. The summed E-state index contributed by atoms with van der Waals surface area (Å²) in [7, 11) is 0. The van der Waals surface area contributed by atoms with Gasteiger partial charge in [0, 0.05) is 5.02 Å². The summed E-state index contributed by atoms with van der Waals surface area (Å²) in [6.45, 7) is 2.03. The van der Waals surface area contributed by atoms with Crippen LogP contribution in [-0.2, 0) is 0 Å². The normalized spacial score (nSPS) is 12.5. The van der Waals surface area contributed by atoms with Crippen molar-refractivity contribution in [3.8, 4) is 0 Å². The van der Waals surface area contributed by atoms with Crippen LogP contribution in [0.5, 0.6) is 0 Å². The van der Waals surface area contributed by atoms with Crippen LogP contribution in [0.25, 0.3) is 11.0 Å². The molecule has 2 aromatic carbocycles. The number of carboxylic acids is 1. The molecule has 0 saturated heterocycles. The first-order valence-corrected chi connectivity index (χ1v) is 6.89. The third-order valence-electron chi connectivity index (χ3n) is 3.57. The fraction of sp³-hybridized carbons (Fsp3) is 0.125. The van der Waals surface area contributed by atoms with Crippen molar-refractivity contribution in [2.24, 2.45) is 0 Å². The molecule has 0 radical (unpaired) electrons. The van der Waals surface area contributed by atoms with Crippen molar-refractivity contribution in [2.75, 3.05) is 0 Å². The van der Waals surface area contributed by atoms with Gasteiger partial charge in [0.25, 0.3) is 0 Å². The summed E-state index contributed by atoms with van der Waals surface area (Å²) in [6.07, 6.45) is 1.72. The molecule has 3 rings (SSSR count). The summed E-state index contributed by atoms with van der Waals surface area (Å²) in [6, 6.07) is 12.6. The third kappa shape index (κ3) is 2.50. The summed E-state index contributed by atoms with van der Waals surface area (Å²) in [5, 5.41) is 9.79. The zero-order chi connectivity index (χ0) is 15.0. The molecule has 4 nitrogen and oxygen atoms in total. The predicted octanol–water partition coefficient (Wildman–Crippen LogP) is 4.00. The fourth-order valence-electron chi connectivity index (χ4n) is 2.39. The molecule has 0 bridgehead atoms. The SMILES string of the molecule is CC(c1cccc(Cl)c1)n1cnc2ccc(C(=O)O)cc21. The van der Waals surface area contributed by atoms with Gasteiger partial charge in [-0.05, 0) is 42.8 Å². The van der Waals surface area contributed by atoms with E-state index in [1.807, 2.05) is 35.8 Å². The van der Waals surface area contributed by atoms with Crippen LogP contribution in [0.2, 0.25) is 5.02 Å². The van der Waals surface area contributed by atoms with Crippen molar-refractivity contribution < 1.29 is 9.90 Å². The van der Waals surface area contributed by atoms with Gasteiger partial charge < -0.3 is 9.67 Å². The smallest absolute Gasteiger partial charge is 0.335 e. The number of rotatable bonds is 3. The maximum absolute atomic E-state index is 11.1. The average Bonchev–Trinajstić information content (AvgIpc) is 2.89. The lowest BCUT2D eigenvalue weighted by molar-refractivity contribution is 0.0697. The number of imidazole rings is 1. The van der Waals surface area contributed by atoms with Gasteiger partial charge >= 0.3 is 5.97 Å². The minimum absolute atomic E-state index is 0.0118. The molecular weight excluding hydrogens is 288 g/mol. The van der Waals surface area contributed by atoms with Crippen LogP contribution in [0.15, 0.2) is 48.8 Å². The van der Waals surface area contributed by atoms with Crippen LogP contribution >= 0.6 is 11.6 Å². The van der Waals surface area contributed by atoms with Gasteiger partial charge in [-0.2, -0.15) is 0 Å². The Kier molecular flexibility index (Phi) is 3.39. The lowest BCUT2D eigenvalue weighted by Crippen LogP contribution is -2.06. The molecule has 1 unspecified atom stereocenters. The Bertz CT molecular complexity index is 826. The average molecular weight is 301 g/mol. The van der Waals surface area contributed by atoms with E-state index in [2.05, 4.69) is 4.98 Å². The van der Waals surface area contributed by atoms with Gasteiger partial charge in [-0.3, -0.25) is 0 Å². The Labute approximate surface area is 126 Å². The van der Waals surface area contributed by atoms with Crippen molar-refractivity contribution in [3.05, 3.63) is 64.9 Å². The highest BCUT2D eigenvalue weighted by Gasteiger charge is 2.13. The van der Waals surface area contributed by atoms with Crippen LogP contribution in [0, 0.1) is 0 Å². The fourth-order valence-corrected chi connectivity index (χ4v) is 2.59. The first-order valence-electron chi connectivity index (χ1n) is 6.51. The highest BCUT2D eigenvalue weighted by Crippen LogP contribution is 2.25. The Balaban J connectivity index is 2.11. The number of aromatic nitrogens is 2. The molecule has 5 heteroatoms. The number of fused-ring (bicyclic) bond motifs is 1. The maximum Gasteiger partial charge on any atom is 0.335 e. The molecule has 0 saturated carbocycles. The van der Waals surface area contributed by atoms with Crippen molar-refractivity contribution in [3.63, 3.8) is 0 Å². The van der Waals surface area contributed by atoms with E-state index in [9.17, 15) is 4.79 Å². The summed E-state index contributed by atoms with van der Waals surface area (Å²) >= 11 is 6.03. The van der Waals surface area contributed by atoms with Crippen molar-refractivity contribution in [2.45, 2.75) is 13.0 Å². The van der Waals surface area contributed by atoms with Crippen LogP contribution in [0.4, 0.5) is 0 Å². The second-order valence-corrected chi connectivity index (χ2v) is 5.33. The van der Waals surface area contributed by atoms with E-state index in [0.717, 1.165) is 16.6 Å². The number of nitrogens with zero attached hydrogens (tertiary/aromatic N) is 2. The topological polar surface area (TPSA) is 55.1 Å². The number of carbonyl (C=O) groups is 1. The van der Waals surface area contributed by atoms with Crippen LogP contribution in [-0.4, -0.2) is 20.6 Å². The van der Waals surface area contributed by atoms with Crippen molar-refractivity contribution >= 4 is 28.6 Å². The molecule has 0 fully saturated rings. The molecule has 106 valence electrons. The summed E-state index contributed by atoms with van der Waals surface area (Å²) in [4.78, 5) is 15.4. The predicted molar refractivity (Wildman–Crippen MR) is 82.0 cm³/mol. The zero-order valence-electron chi connectivity index (χ0n) is 11.3. The monoisotopic (exact) mass is 300 g/mol.